The van der Waals surface area contributed by atoms with E-state index in [1.54, 1.807) is 0 Å². The molecule has 0 fully saturated rings. The van der Waals surface area contributed by atoms with E-state index in [0.717, 1.165) is 11.1 Å². The Labute approximate surface area is 107 Å². The Morgan fingerprint density at radius 3 is 1.56 bits per heavy atom. The third-order valence-electron chi connectivity index (χ3n) is 3.05. The van der Waals surface area contributed by atoms with Crippen molar-refractivity contribution in [1.82, 2.24) is 0 Å². The molecule has 0 heterocycles. The molecular formula is C16H17NO. The van der Waals surface area contributed by atoms with E-state index < -0.39 is 0 Å². The molecule has 0 saturated heterocycles. The monoisotopic (exact) mass is 239 g/mol. The minimum absolute atomic E-state index is 0.144. The number of carbonyl (C=O) groups is 1. The molecule has 0 spiro atoms. The summed E-state index contributed by atoms with van der Waals surface area (Å²) in [6.45, 7) is 0. The van der Waals surface area contributed by atoms with Crippen molar-refractivity contribution in [3.8, 4) is 0 Å². The molecule has 2 aromatic carbocycles. The van der Waals surface area contributed by atoms with Gasteiger partial charge in [0.2, 0.25) is 5.91 Å². The minimum atomic E-state index is -0.234. The van der Waals surface area contributed by atoms with Gasteiger partial charge in [0.25, 0.3) is 0 Å². The van der Waals surface area contributed by atoms with Crippen LogP contribution in [0.2, 0.25) is 0 Å². The predicted molar refractivity (Wildman–Crippen MR) is 73.0 cm³/mol. The van der Waals surface area contributed by atoms with E-state index in [2.05, 4.69) is 0 Å². The van der Waals surface area contributed by atoms with Crippen molar-refractivity contribution in [3.05, 3.63) is 71.8 Å². The van der Waals surface area contributed by atoms with Gasteiger partial charge in [0, 0.05) is 5.92 Å². The summed E-state index contributed by atoms with van der Waals surface area (Å²) in [7, 11) is 0. The van der Waals surface area contributed by atoms with Gasteiger partial charge < -0.3 is 5.73 Å². The fraction of sp³-hybridized carbons (Fsp3) is 0.188. The number of hydrogen-bond acceptors (Lipinski definition) is 1. The first kappa shape index (κ1) is 12.4. The molecule has 2 aromatic rings. The fourth-order valence-electron chi connectivity index (χ4n) is 2.07. The van der Waals surface area contributed by atoms with Crippen LogP contribution in [-0.2, 0) is 17.6 Å². The van der Waals surface area contributed by atoms with Crippen LogP contribution < -0.4 is 5.73 Å². The van der Waals surface area contributed by atoms with Gasteiger partial charge in [0.05, 0.1) is 0 Å². The maximum Gasteiger partial charge on any atom is 0.221 e. The summed E-state index contributed by atoms with van der Waals surface area (Å²) in [6, 6.07) is 20.0. The van der Waals surface area contributed by atoms with Crippen molar-refractivity contribution < 1.29 is 4.79 Å². The molecule has 2 rings (SSSR count). The smallest absolute Gasteiger partial charge is 0.221 e. The summed E-state index contributed by atoms with van der Waals surface area (Å²) in [6.07, 6.45) is 1.40. The average molecular weight is 239 g/mol. The number of benzene rings is 2. The summed E-state index contributed by atoms with van der Waals surface area (Å²) in [4.78, 5) is 11.5. The van der Waals surface area contributed by atoms with Crippen LogP contribution in [-0.4, -0.2) is 5.91 Å². The second kappa shape index (κ2) is 6.01. The molecule has 0 aliphatic heterocycles. The van der Waals surface area contributed by atoms with Crippen molar-refractivity contribution >= 4 is 5.91 Å². The van der Waals surface area contributed by atoms with Crippen LogP contribution in [0, 0.1) is 5.92 Å². The van der Waals surface area contributed by atoms with E-state index in [1.165, 1.54) is 0 Å². The van der Waals surface area contributed by atoms with Gasteiger partial charge in [-0.2, -0.15) is 0 Å². The van der Waals surface area contributed by atoms with Crippen molar-refractivity contribution in [2.24, 2.45) is 11.7 Å². The van der Waals surface area contributed by atoms with E-state index in [0.29, 0.717) is 12.8 Å². The average Bonchev–Trinajstić information content (AvgIpc) is 2.40. The first-order valence-corrected chi connectivity index (χ1v) is 6.13. The number of nitrogens with two attached hydrogens (primary N) is 1. The van der Waals surface area contributed by atoms with Gasteiger partial charge in [0.15, 0.2) is 0 Å². The molecule has 0 aliphatic rings. The van der Waals surface area contributed by atoms with Crippen molar-refractivity contribution in [1.29, 1.82) is 0 Å². The molecule has 18 heavy (non-hydrogen) atoms. The number of rotatable bonds is 5. The maximum absolute atomic E-state index is 11.5. The molecule has 2 heteroatoms. The van der Waals surface area contributed by atoms with Gasteiger partial charge in [-0.25, -0.2) is 0 Å². The normalized spacial score (nSPS) is 10.5. The van der Waals surface area contributed by atoms with Crippen LogP contribution in [0.15, 0.2) is 60.7 Å². The van der Waals surface area contributed by atoms with E-state index in [1.807, 2.05) is 60.7 Å². The Hall–Kier alpha value is -2.09. The van der Waals surface area contributed by atoms with Gasteiger partial charge in [-0.05, 0) is 24.0 Å². The molecule has 2 nitrogen and oxygen atoms in total. The quantitative estimate of drug-likeness (QED) is 0.856. The second-order valence-corrected chi connectivity index (χ2v) is 4.48. The van der Waals surface area contributed by atoms with Crippen LogP contribution >= 0.6 is 0 Å². The molecule has 0 saturated carbocycles. The van der Waals surface area contributed by atoms with E-state index >= 15 is 0 Å². The van der Waals surface area contributed by atoms with Gasteiger partial charge in [-0.1, -0.05) is 60.7 Å². The Balaban J connectivity index is 2.08. The molecule has 0 radical (unpaired) electrons. The summed E-state index contributed by atoms with van der Waals surface area (Å²) >= 11 is 0. The largest absolute Gasteiger partial charge is 0.369 e. The summed E-state index contributed by atoms with van der Waals surface area (Å²) in [5, 5.41) is 0. The lowest BCUT2D eigenvalue weighted by atomic mass is 9.92. The maximum atomic E-state index is 11.5. The molecular weight excluding hydrogens is 222 g/mol. The number of primary amides is 1. The molecule has 92 valence electrons. The highest BCUT2D eigenvalue weighted by Crippen LogP contribution is 2.14. The molecule has 0 bridgehead atoms. The zero-order valence-corrected chi connectivity index (χ0v) is 10.3. The van der Waals surface area contributed by atoms with Crippen LogP contribution in [0.4, 0.5) is 0 Å². The molecule has 0 unspecified atom stereocenters. The van der Waals surface area contributed by atoms with E-state index in [-0.39, 0.29) is 11.8 Å². The predicted octanol–water partition coefficient (Wildman–Crippen LogP) is 2.57. The summed E-state index contributed by atoms with van der Waals surface area (Å²) < 4.78 is 0. The van der Waals surface area contributed by atoms with Crippen LogP contribution in [0.5, 0.6) is 0 Å². The lowest BCUT2D eigenvalue weighted by molar-refractivity contribution is -0.121. The SMILES string of the molecule is NC(=O)C(Cc1ccccc1)Cc1ccccc1. The van der Waals surface area contributed by atoms with Gasteiger partial charge in [-0.3, -0.25) is 4.79 Å². The molecule has 0 aromatic heterocycles. The van der Waals surface area contributed by atoms with Gasteiger partial charge in [-0.15, -0.1) is 0 Å². The van der Waals surface area contributed by atoms with Crippen LogP contribution in [0.25, 0.3) is 0 Å². The molecule has 1 amide bonds. The third kappa shape index (κ3) is 3.45. The second-order valence-electron chi connectivity index (χ2n) is 4.48. The van der Waals surface area contributed by atoms with Gasteiger partial charge >= 0.3 is 0 Å². The summed E-state index contributed by atoms with van der Waals surface area (Å²) in [5.41, 5.74) is 7.79. The zero-order valence-electron chi connectivity index (χ0n) is 10.3. The topological polar surface area (TPSA) is 43.1 Å². The van der Waals surface area contributed by atoms with Crippen LogP contribution in [0.3, 0.4) is 0 Å². The first-order chi connectivity index (χ1) is 8.75. The molecule has 0 atom stereocenters. The minimum Gasteiger partial charge on any atom is -0.369 e. The number of amides is 1. The highest BCUT2D eigenvalue weighted by atomic mass is 16.1. The Morgan fingerprint density at radius 2 is 1.22 bits per heavy atom. The molecule has 2 N–H and O–H groups in total. The van der Waals surface area contributed by atoms with Gasteiger partial charge in [0.1, 0.15) is 0 Å². The fourth-order valence-corrected chi connectivity index (χ4v) is 2.07. The lowest BCUT2D eigenvalue weighted by Gasteiger charge is -2.13. The van der Waals surface area contributed by atoms with Crippen molar-refractivity contribution in [3.63, 3.8) is 0 Å². The summed E-state index contributed by atoms with van der Waals surface area (Å²) in [5.74, 6) is -0.377. The Bertz CT molecular complexity index is 452. The highest BCUT2D eigenvalue weighted by Gasteiger charge is 2.16. The van der Waals surface area contributed by atoms with Crippen LogP contribution in [0.1, 0.15) is 11.1 Å². The van der Waals surface area contributed by atoms with E-state index in [9.17, 15) is 4.79 Å². The Kier molecular flexibility index (Phi) is 4.13. The highest BCUT2D eigenvalue weighted by molar-refractivity contribution is 5.77. The number of hydrogen-bond donors (Lipinski definition) is 1. The lowest BCUT2D eigenvalue weighted by Crippen LogP contribution is -2.27. The standard InChI is InChI=1S/C16H17NO/c17-16(18)15(11-13-7-3-1-4-8-13)12-14-9-5-2-6-10-14/h1-10,15H,11-12H2,(H2,17,18). The van der Waals surface area contributed by atoms with Crippen molar-refractivity contribution in [2.45, 2.75) is 12.8 Å². The first-order valence-electron chi connectivity index (χ1n) is 6.13. The Morgan fingerprint density at radius 1 is 0.833 bits per heavy atom. The van der Waals surface area contributed by atoms with E-state index in [4.69, 9.17) is 5.73 Å². The zero-order chi connectivity index (χ0) is 12.8. The van der Waals surface area contributed by atoms with Crippen molar-refractivity contribution in [2.75, 3.05) is 0 Å². The third-order valence-corrected chi connectivity index (χ3v) is 3.05. The number of carbonyl (C=O) groups excluding carboxylic acids is 1. The molecule has 0 aliphatic carbocycles.